The van der Waals surface area contributed by atoms with Crippen LogP contribution < -0.4 is 10.1 Å². The molecule has 0 spiro atoms. The van der Waals surface area contributed by atoms with Crippen molar-refractivity contribution in [1.29, 1.82) is 0 Å². The van der Waals surface area contributed by atoms with Crippen LogP contribution in [0.5, 0.6) is 5.75 Å². The average molecular weight is 280 g/mol. The van der Waals surface area contributed by atoms with Crippen molar-refractivity contribution < 1.29 is 9.66 Å². The Kier molecular flexibility index (Phi) is 4.98. The van der Waals surface area contributed by atoms with Crippen LogP contribution in [-0.4, -0.2) is 17.1 Å². The van der Waals surface area contributed by atoms with E-state index in [0.717, 1.165) is 0 Å². The summed E-state index contributed by atoms with van der Waals surface area (Å²) in [7, 11) is 0. The number of hydrogen-bond donors (Lipinski definition) is 1. The van der Waals surface area contributed by atoms with E-state index in [1.54, 1.807) is 6.07 Å². The van der Waals surface area contributed by atoms with Crippen LogP contribution >= 0.6 is 0 Å². The van der Waals surface area contributed by atoms with Gasteiger partial charge in [-0.15, -0.1) is 0 Å². The van der Waals surface area contributed by atoms with Gasteiger partial charge < -0.3 is 10.1 Å². The normalized spacial score (nSPS) is 13.2. The van der Waals surface area contributed by atoms with E-state index in [1.807, 2.05) is 13.8 Å². The lowest BCUT2D eigenvalue weighted by Crippen LogP contribution is -2.30. The first kappa shape index (κ1) is 16.3. The van der Waals surface area contributed by atoms with E-state index in [9.17, 15) is 10.1 Å². The highest BCUT2D eigenvalue weighted by Crippen LogP contribution is 2.29. The van der Waals surface area contributed by atoms with Crippen LogP contribution in [0, 0.1) is 15.5 Å². The van der Waals surface area contributed by atoms with Crippen molar-refractivity contribution in [2.45, 2.75) is 53.7 Å². The first-order chi connectivity index (χ1) is 9.09. The molecule has 0 aliphatic rings. The Hall–Kier alpha value is -1.78. The molecular formula is C15H24N2O3. The van der Waals surface area contributed by atoms with Gasteiger partial charge in [-0.3, -0.25) is 10.1 Å². The molecule has 1 aromatic rings. The lowest BCUT2D eigenvalue weighted by atomic mass is 9.88. The van der Waals surface area contributed by atoms with Crippen molar-refractivity contribution in [3.8, 4) is 5.75 Å². The van der Waals surface area contributed by atoms with Crippen molar-refractivity contribution in [2.75, 3.05) is 5.32 Å². The maximum Gasteiger partial charge on any atom is 0.275 e. The second-order valence-electron chi connectivity index (χ2n) is 6.37. The van der Waals surface area contributed by atoms with Crippen LogP contribution in [0.15, 0.2) is 18.2 Å². The van der Waals surface area contributed by atoms with Gasteiger partial charge in [0.05, 0.1) is 17.1 Å². The molecule has 0 bridgehead atoms. The maximum atomic E-state index is 11.0. The van der Waals surface area contributed by atoms with E-state index in [0.29, 0.717) is 11.4 Å². The van der Waals surface area contributed by atoms with Gasteiger partial charge in [0.25, 0.3) is 5.69 Å². The molecule has 0 aliphatic heterocycles. The Labute approximate surface area is 120 Å². The quantitative estimate of drug-likeness (QED) is 0.647. The summed E-state index contributed by atoms with van der Waals surface area (Å²) in [6.07, 6.45) is -0.0232. The van der Waals surface area contributed by atoms with Gasteiger partial charge in [0, 0.05) is 23.9 Å². The van der Waals surface area contributed by atoms with E-state index in [4.69, 9.17) is 4.74 Å². The smallest absolute Gasteiger partial charge is 0.275 e. The van der Waals surface area contributed by atoms with Gasteiger partial charge in [-0.05, 0) is 26.2 Å². The predicted molar refractivity (Wildman–Crippen MR) is 81.4 cm³/mol. The molecule has 1 aromatic carbocycles. The van der Waals surface area contributed by atoms with E-state index >= 15 is 0 Å². The maximum absolute atomic E-state index is 11.0. The number of nitro groups is 1. The summed E-state index contributed by atoms with van der Waals surface area (Å²) in [4.78, 5) is 10.6. The molecule has 5 heteroatoms. The number of non-ortho nitro benzene ring substituents is 1. The van der Waals surface area contributed by atoms with Crippen molar-refractivity contribution in [1.82, 2.24) is 0 Å². The molecule has 0 aromatic heterocycles. The first-order valence-corrected chi connectivity index (χ1v) is 6.82. The Morgan fingerprint density at radius 2 is 1.80 bits per heavy atom. The summed E-state index contributed by atoms with van der Waals surface area (Å²) in [6, 6.07) is 4.97. The van der Waals surface area contributed by atoms with E-state index in [2.05, 4.69) is 33.0 Å². The molecular weight excluding hydrogens is 256 g/mol. The number of ether oxygens (including phenoxy) is 1. The summed E-state index contributed by atoms with van der Waals surface area (Å²) >= 11 is 0. The number of benzene rings is 1. The minimum Gasteiger partial charge on any atom is -0.491 e. The zero-order chi connectivity index (χ0) is 15.5. The highest BCUT2D eigenvalue weighted by Gasteiger charge is 2.21. The zero-order valence-corrected chi connectivity index (χ0v) is 13.1. The van der Waals surface area contributed by atoms with Crippen molar-refractivity contribution in [3.05, 3.63) is 28.3 Å². The highest BCUT2D eigenvalue weighted by molar-refractivity contribution is 5.57. The predicted octanol–water partition coefficient (Wildman–Crippen LogP) is 4.23. The standard InChI is InChI=1S/C15H24N2O3/c1-10(2)20-14-8-12(7-13(9-14)17(18)19)16-11(3)15(4,5)6/h7-11,16H,1-6H3. The molecule has 1 atom stereocenters. The molecule has 1 rings (SSSR count). The van der Waals surface area contributed by atoms with Gasteiger partial charge in [0.1, 0.15) is 5.75 Å². The van der Waals surface area contributed by atoms with Crippen LogP contribution in [0.25, 0.3) is 0 Å². The second kappa shape index (κ2) is 6.11. The fraction of sp³-hybridized carbons (Fsp3) is 0.600. The summed E-state index contributed by atoms with van der Waals surface area (Å²) in [5.74, 6) is 0.512. The molecule has 0 fully saturated rings. The molecule has 0 aliphatic carbocycles. The molecule has 1 N–H and O–H groups in total. The van der Waals surface area contributed by atoms with Crippen LogP contribution in [0.4, 0.5) is 11.4 Å². The third-order valence-electron chi connectivity index (χ3n) is 3.16. The minimum absolute atomic E-state index is 0.0232. The third kappa shape index (κ3) is 4.72. The number of anilines is 1. The van der Waals surface area contributed by atoms with Gasteiger partial charge >= 0.3 is 0 Å². The largest absolute Gasteiger partial charge is 0.491 e. The molecule has 5 nitrogen and oxygen atoms in total. The highest BCUT2D eigenvalue weighted by atomic mass is 16.6. The van der Waals surface area contributed by atoms with Crippen LogP contribution in [0.2, 0.25) is 0 Å². The Bertz CT molecular complexity index is 478. The van der Waals surface area contributed by atoms with E-state index < -0.39 is 4.92 Å². The number of nitrogens with zero attached hydrogens (tertiary/aromatic N) is 1. The molecule has 0 heterocycles. The van der Waals surface area contributed by atoms with Gasteiger partial charge in [-0.25, -0.2) is 0 Å². The summed E-state index contributed by atoms with van der Waals surface area (Å²) in [6.45, 7) is 12.2. The summed E-state index contributed by atoms with van der Waals surface area (Å²) in [5, 5.41) is 14.3. The summed E-state index contributed by atoms with van der Waals surface area (Å²) in [5.41, 5.74) is 0.799. The third-order valence-corrected chi connectivity index (χ3v) is 3.16. The van der Waals surface area contributed by atoms with Crippen LogP contribution in [0.1, 0.15) is 41.5 Å². The molecule has 0 amide bonds. The zero-order valence-electron chi connectivity index (χ0n) is 13.1. The van der Waals surface area contributed by atoms with E-state index in [1.165, 1.54) is 12.1 Å². The van der Waals surface area contributed by atoms with Crippen LogP contribution in [-0.2, 0) is 0 Å². The monoisotopic (exact) mass is 280 g/mol. The lowest BCUT2D eigenvalue weighted by molar-refractivity contribution is -0.384. The fourth-order valence-corrected chi connectivity index (χ4v) is 1.58. The number of nitrogens with one attached hydrogen (secondary N) is 1. The van der Waals surface area contributed by atoms with Crippen LogP contribution in [0.3, 0.4) is 0 Å². The van der Waals surface area contributed by atoms with Gasteiger partial charge in [-0.1, -0.05) is 20.8 Å². The van der Waals surface area contributed by atoms with Gasteiger partial charge in [0.2, 0.25) is 0 Å². The SMILES string of the molecule is CC(C)Oc1cc(NC(C)C(C)(C)C)cc([N+](=O)[O-])c1. The molecule has 0 saturated heterocycles. The number of nitro benzene ring substituents is 1. The molecule has 0 radical (unpaired) electrons. The van der Waals surface area contributed by atoms with Crippen molar-refractivity contribution in [2.24, 2.45) is 5.41 Å². The first-order valence-electron chi connectivity index (χ1n) is 6.82. The van der Waals surface area contributed by atoms with E-state index in [-0.39, 0.29) is 23.2 Å². The number of rotatable bonds is 5. The molecule has 112 valence electrons. The second-order valence-corrected chi connectivity index (χ2v) is 6.37. The van der Waals surface area contributed by atoms with Gasteiger partial charge in [-0.2, -0.15) is 0 Å². The Morgan fingerprint density at radius 1 is 1.20 bits per heavy atom. The molecule has 20 heavy (non-hydrogen) atoms. The number of hydrogen-bond acceptors (Lipinski definition) is 4. The minimum atomic E-state index is -0.403. The Morgan fingerprint density at radius 3 is 2.25 bits per heavy atom. The average Bonchev–Trinajstić information content (AvgIpc) is 2.26. The van der Waals surface area contributed by atoms with Crippen molar-refractivity contribution in [3.63, 3.8) is 0 Å². The molecule has 1 unspecified atom stereocenters. The van der Waals surface area contributed by atoms with Gasteiger partial charge in [0.15, 0.2) is 0 Å². The Balaban J connectivity index is 3.06. The summed E-state index contributed by atoms with van der Waals surface area (Å²) < 4.78 is 5.57. The molecule has 0 saturated carbocycles. The van der Waals surface area contributed by atoms with Crippen molar-refractivity contribution >= 4 is 11.4 Å². The topological polar surface area (TPSA) is 64.4 Å². The lowest BCUT2D eigenvalue weighted by Gasteiger charge is -2.29. The fourth-order valence-electron chi connectivity index (χ4n) is 1.58.